The van der Waals surface area contributed by atoms with Gasteiger partial charge in [-0.2, -0.15) is 0 Å². The van der Waals surface area contributed by atoms with Gasteiger partial charge >= 0.3 is 0 Å². The summed E-state index contributed by atoms with van der Waals surface area (Å²) in [7, 11) is -4.35. The maximum atomic E-state index is 8.49. The van der Waals surface area contributed by atoms with Crippen LogP contribution in [-0.2, 0) is 10.9 Å². The summed E-state index contributed by atoms with van der Waals surface area (Å²) in [6.45, 7) is 4.43. The SMILES string of the molecule is Cc1ccc([S+]2CCCC2)c(C)c1.[O-][Cl+3]([O-])([O-])[O-]. The van der Waals surface area contributed by atoms with Gasteiger partial charge in [0, 0.05) is 16.5 Å². The molecule has 0 N–H and O–H groups in total. The molecule has 1 aliphatic rings. The van der Waals surface area contributed by atoms with Gasteiger partial charge in [-0.1, -0.05) is 17.7 Å². The normalized spacial score (nSPS) is 16.3. The van der Waals surface area contributed by atoms with Gasteiger partial charge in [0.15, 0.2) is 4.90 Å². The zero-order chi connectivity index (χ0) is 13.8. The summed E-state index contributed by atoms with van der Waals surface area (Å²) in [6, 6.07) is 6.92. The van der Waals surface area contributed by atoms with Crippen LogP contribution in [0.2, 0.25) is 0 Å². The second-order valence-electron chi connectivity index (χ2n) is 4.26. The molecule has 0 saturated carbocycles. The van der Waals surface area contributed by atoms with Crippen LogP contribution in [0.1, 0.15) is 24.0 Å². The first-order chi connectivity index (χ1) is 8.27. The summed E-state index contributed by atoms with van der Waals surface area (Å²) in [4.78, 5) is 1.63. The molecule has 1 saturated heterocycles. The van der Waals surface area contributed by atoms with E-state index < -0.39 is 10.2 Å². The van der Waals surface area contributed by atoms with E-state index in [4.69, 9.17) is 18.6 Å². The lowest BCUT2D eigenvalue weighted by molar-refractivity contribution is -2.00. The minimum absolute atomic E-state index is 0.589. The molecule has 1 aromatic rings. The predicted octanol–water partition coefficient (Wildman–Crippen LogP) is -1.68. The van der Waals surface area contributed by atoms with Gasteiger partial charge in [-0.05, 0) is 32.8 Å². The van der Waals surface area contributed by atoms with E-state index in [0.717, 1.165) is 0 Å². The average Bonchev–Trinajstić information content (AvgIpc) is 2.67. The summed E-state index contributed by atoms with van der Waals surface area (Å²) in [5, 5.41) is 0. The van der Waals surface area contributed by atoms with Crippen LogP contribution in [0.25, 0.3) is 0 Å². The third-order valence-electron chi connectivity index (χ3n) is 2.67. The molecular weight excluding hydrogens is 276 g/mol. The summed E-state index contributed by atoms with van der Waals surface area (Å²) in [6.07, 6.45) is 2.88. The van der Waals surface area contributed by atoms with Crippen LogP contribution in [0.15, 0.2) is 23.1 Å². The Labute approximate surface area is 112 Å². The van der Waals surface area contributed by atoms with Crippen LogP contribution in [0, 0.1) is 24.1 Å². The van der Waals surface area contributed by atoms with E-state index in [0.29, 0.717) is 10.9 Å². The molecule has 2 rings (SSSR count). The molecule has 0 amide bonds. The molecular formula is C12H17ClO4S. The lowest BCUT2D eigenvalue weighted by Gasteiger charge is -2.17. The monoisotopic (exact) mass is 292 g/mol. The average molecular weight is 293 g/mol. The molecule has 0 spiro atoms. The van der Waals surface area contributed by atoms with Gasteiger partial charge in [0.2, 0.25) is 0 Å². The van der Waals surface area contributed by atoms with Crippen molar-refractivity contribution in [1.82, 2.24) is 0 Å². The van der Waals surface area contributed by atoms with Crippen LogP contribution in [0.4, 0.5) is 0 Å². The van der Waals surface area contributed by atoms with E-state index in [1.165, 1.54) is 35.5 Å². The highest BCUT2D eigenvalue weighted by Crippen LogP contribution is 2.26. The number of rotatable bonds is 1. The molecule has 0 unspecified atom stereocenters. The number of benzene rings is 1. The van der Waals surface area contributed by atoms with Gasteiger partial charge < -0.3 is 0 Å². The second-order valence-corrected chi connectivity index (χ2v) is 7.25. The molecule has 102 valence electrons. The van der Waals surface area contributed by atoms with Crippen LogP contribution in [-0.4, -0.2) is 11.5 Å². The molecule has 0 atom stereocenters. The molecule has 1 aliphatic heterocycles. The Balaban J connectivity index is 0.000000280. The first-order valence-corrected chi connectivity index (χ1v) is 8.43. The number of hydrogen-bond donors (Lipinski definition) is 0. The van der Waals surface area contributed by atoms with Crippen molar-refractivity contribution >= 4 is 10.9 Å². The van der Waals surface area contributed by atoms with Gasteiger partial charge in [-0.15, -0.1) is 10.2 Å². The van der Waals surface area contributed by atoms with Crippen molar-refractivity contribution in [2.45, 2.75) is 31.6 Å². The standard InChI is InChI=1S/C12H17S.ClHO4/c1-10-5-6-12(11(2)9-10)13-7-3-4-8-13;2-1(3,4)5/h5-6,9H,3-4,7-8H2,1-2H3;(H,2,3,4,5)/q+1;/p-1. The van der Waals surface area contributed by atoms with E-state index in [9.17, 15) is 0 Å². The summed E-state index contributed by atoms with van der Waals surface area (Å²) in [5.41, 5.74) is 2.90. The molecule has 0 aliphatic carbocycles. The Morgan fingerprint density at radius 1 is 1.00 bits per heavy atom. The van der Waals surface area contributed by atoms with Crippen molar-refractivity contribution < 1.29 is 28.9 Å². The van der Waals surface area contributed by atoms with Crippen molar-refractivity contribution in [3.8, 4) is 0 Å². The number of hydrogen-bond acceptors (Lipinski definition) is 4. The Kier molecular flexibility index (Phi) is 5.91. The Hall–Kier alpha value is -0.300. The van der Waals surface area contributed by atoms with E-state index in [2.05, 4.69) is 32.0 Å². The van der Waals surface area contributed by atoms with E-state index in [-0.39, 0.29) is 0 Å². The maximum absolute atomic E-state index is 8.49. The topological polar surface area (TPSA) is 92.2 Å². The van der Waals surface area contributed by atoms with Crippen molar-refractivity contribution in [1.29, 1.82) is 0 Å². The molecule has 0 aromatic heterocycles. The highest BCUT2D eigenvalue weighted by molar-refractivity contribution is 7.97. The fourth-order valence-electron chi connectivity index (χ4n) is 2.00. The van der Waals surface area contributed by atoms with Crippen molar-refractivity contribution in [2.24, 2.45) is 0 Å². The summed E-state index contributed by atoms with van der Waals surface area (Å²) < 4.78 is 34.0. The zero-order valence-electron chi connectivity index (χ0n) is 10.5. The van der Waals surface area contributed by atoms with Crippen molar-refractivity contribution in [2.75, 3.05) is 11.5 Å². The highest BCUT2D eigenvalue weighted by Gasteiger charge is 2.27. The van der Waals surface area contributed by atoms with Crippen LogP contribution in [0.5, 0.6) is 0 Å². The third kappa shape index (κ3) is 6.04. The molecule has 18 heavy (non-hydrogen) atoms. The van der Waals surface area contributed by atoms with Crippen LogP contribution in [0.3, 0.4) is 0 Å². The number of halogens is 1. The Morgan fingerprint density at radius 2 is 1.50 bits per heavy atom. The van der Waals surface area contributed by atoms with Crippen molar-refractivity contribution in [3.63, 3.8) is 0 Å². The smallest absolute Gasteiger partial charge is 0.157 e. The number of aryl methyl sites for hydroxylation is 2. The van der Waals surface area contributed by atoms with E-state index >= 15 is 0 Å². The highest BCUT2D eigenvalue weighted by atomic mass is 35.7. The zero-order valence-corrected chi connectivity index (χ0v) is 12.1. The Morgan fingerprint density at radius 3 is 1.94 bits per heavy atom. The van der Waals surface area contributed by atoms with Crippen molar-refractivity contribution in [3.05, 3.63) is 29.3 Å². The second kappa shape index (κ2) is 6.75. The van der Waals surface area contributed by atoms with E-state index in [1.807, 2.05) is 0 Å². The van der Waals surface area contributed by atoms with Gasteiger partial charge in [-0.25, -0.2) is 18.6 Å². The third-order valence-corrected chi connectivity index (χ3v) is 5.32. The minimum Gasteiger partial charge on any atom is -0.222 e. The first-order valence-electron chi connectivity index (χ1n) is 5.64. The van der Waals surface area contributed by atoms with E-state index in [1.54, 1.807) is 4.90 Å². The molecule has 1 aromatic carbocycles. The largest absolute Gasteiger partial charge is 0.222 e. The molecule has 6 heteroatoms. The quantitative estimate of drug-likeness (QED) is 0.578. The molecule has 1 heterocycles. The molecule has 0 radical (unpaired) electrons. The predicted molar refractivity (Wildman–Crippen MR) is 60.5 cm³/mol. The molecule has 4 nitrogen and oxygen atoms in total. The maximum Gasteiger partial charge on any atom is 0.157 e. The Bertz CT molecular complexity index is 380. The lowest BCUT2D eigenvalue weighted by atomic mass is 10.2. The van der Waals surface area contributed by atoms with Gasteiger partial charge in [0.05, 0.1) is 0 Å². The fraction of sp³-hybridized carbons (Fsp3) is 0.500. The molecule has 0 bridgehead atoms. The molecule has 1 fully saturated rings. The van der Waals surface area contributed by atoms with Gasteiger partial charge in [0.25, 0.3) is 0 Å². The minimum atomic E-state index is -4.94. The van der Waals surface area contributed by atoms with Gasteiger partial charge in [0.1, 0.15) is 11.5 Å². The fourth-order valence-corrected chi connectivity index (χ4v) is 4.52. The first kappa shape index (κ1) is 15.8. The summed E-state index contributed by atoms with van der Waals surface area (Å²) >= 11 is 0. The summed E-state index contributed by atoms with van der Waals surface area (Å²) in [5.74, 6) is 2.87. The van der Waals surface area contributed by atoms with Gasteiger partial charge in [-0.3, -0.25) is 0 Å². The van der Waals surface area contributed by atoms with Crippen LogP contribution < -0.4 is 18.6 Å². The lowest BCUT2D eigenvalue weighted by Crippen LogP contribution is -2.68. The van der Waals surface area contributed by atoms with Crippen LogP contribution >= 0.6 is 0 Å².